The summed E-state index contributed by atoms with van der Waals surface area (Å²) in [5, 5.41) is 0.743. The van der Waals surface area contributed by atoms with E-state index in [4.69, 9.17) is 34.4 Å². The highest BCUT2D eigenvalue weighted by molar-refractivity contribution is 9.10. The molecule has 2 aromatic heterocycles. The molecule has 0 saturated carbocycles. The van der Waals surface area contributed by atoms with E-state index in [1.165, 1.54) is 18.1 Å². The van der Waals surface area contributed by atoms with E-state index in [0.29, 0.717) is 73.8 Å². The minimum absolute atomic E-state index is 0.194. The smallest absolute Gasteiger partial charge is 0.454 e. The molecule has 6 rings (SSSR count). The number of nitrogen functional groups attached to an aromatic ring is 1. The Morgan fingerprint density at radius 2 is 1.87 bits per heavy atom. The van der Waals surface area contributed by atoms with Gasteiger partial charge in [0.2, 0.25) is 6.79 Å². The molecular weight excluding hydrogens is 670 g/mol. The molecule has 45 heavy (non-hydrogen) atoms. The standard InChI is InChI=1S/C29H36BrN7O7S/c1-18(44-29(39)41-13-10-35-8-11-40-12-9-35)27(38)36-5-2-19(3-6-36)4-7-37-26-24(25(31)32-16-33-26)34-28(37)45-23-15-22-21(14-20(23)30)42-17-43-22/h14-16,18-19H,2-13,17H2,1H3,(H2,31,32,33). The molecule has 0 bridgehead atoms. The van der Waals surface area contributed by atoms with Crippen LogP contribution in [0.5, 0.6) is 11.5 Å². The highest BCUT2D eigenvalue weighted by Gasteiger charge is 2.29. The summed E-state index contributed by atoms with van der Waals surface area (Å²) in [5.74, 6) is 1.89. The molecule has 2 N–H and O–H groups in total. The zero-order chi connectivity index (χ0) is 31.3. The number of morpholine rings is 1. The Balaban J connectivity index is 1.01. The third kappa shape index (κ3) is 7.56. The molecule has 1 atom stereocenters. The van der Waals surface area contributed by atoms with Crippen molar-refractivity contribution in [3.05, 3.63) is 22.9 Å². The van der Waals surface area contributed by atoms with Gasteiger partial charge in [-0.05, 0) is 60.2 Å². The molecule has 1 unspecified atom stereocenters. The van der Waals surface area contributed by atoms with E-state index in [2.05, 4.69) is 35.4 Å². The normalized spacial score (nSPS) is 17.9. The van der Waals surface area contributed by atoms with Crippen molar-refractivity contribution in [1.82, 2.24) is 29.3 Å². The average Bonchev–Trinajstić information content (AvgIpc) is 3.65. The summed E-state index contributed by atoms with van der Waals surface area (Å²) in [6.07, 6.45) is 2.26. The number of piperidine rings is 1. The van der Waals surface area contributed by atoms with Crippen LogP contribution < -0.4 is 15.2 Å². The summed E-state index contributed by atoms with van der Waals surface area (Å²) in [6, 6.07) is 3.82. The maximum absolute atomic E-state index is 13.0. The topological polar surface area (TPSA) is 156 Å². The Labute approximate surface area is 273 Å². The van der Waals surface area contributed by atoms with Gasteiger partial charge in [0, 0.05) is 48.6 Å². The second-order valence-electron chi connectivity index (χ2n) is 11.1. The Kier molecular flexibility index (Phi) is 10.1. The predicted molar refractivity (Wildman–Crippen MR) is 167 cm³/mol. The van der Waals surface area contributed by atoms with Crippen molar-refractivity contribution < 1.29 is 33.3 Å². The minimum Gasteiger partial charge on any atom is -0.454 e. The summed E-state index contributed by atoms with van der Waals surface area (Å²) >= 11 is 5.13. The number of ether oxygens (including phenoxy) is 5. The number of hydrogen-bond acceptors (Lipinski definition) is 13. The number of halogens is 1. The lowest BCUT2D eigenvalue weighted by Crippen LogP contribution is -2.44. The van der Waals surface area contributed by atoms with Crippen LogP contribution in [0.4, 0.5) is 10.6 Å². The molecule has 14 nitrogen and oxygen atoms in total. The number of imidazole rings is 1. The van der Waals surface area contributed by atoms with Gasteiger partial charge in [0.15, 0.2) is 39.7 Å². The number of likely N-dealkylation sites (tertiary alicyclic amines) is 1. The maximum Gasteiger partial charge on any atom is 0.509 e. The first-order chi connectivity index (χ1) is 21.9. The zero-order valence-electron chi connectivity index (χ0n) is 25.0. The van der Waals surface area contributed by atoms with Crippen LogP contribution in [0, 0.1) is 5.92 Å². The van der Waals surface area contributed by atoms with E-state index < -0.39 is 12.3 Å². The fraction of sp³-hybridized carbons (Fsp3) is 0.552. The molecule has 16 heteroatoms. The number of fused-ring (bicyclic) bond motifs is 2. The number of benzene rings is 1. The summed E-state index contributed by atoms with van der Waals surface area (Å²) in [5.41, 5.74) is 7.40. The number of nitrogens with zero attached hydrogens (tertiary/aromatic N) is 6. The van der Waals surface area contributed by atoms with Gasteiger partial charge < -0.3 is 38.9 Å². The monoisotopic (exact) mass is 705 g/mol. The van der Waals surface area contributed by atoms with Crippen molar-refractivity contribution in [3.63, 3.8) is 0 Å². The molecule has 2 saturated heterocycles. The highest BCUT2D eigenvalue weighted by atomic mass is 79.9. The second kappa shape index (κ2) is 14.4. The predicted octanol–water partition coefficient (Wildman–Crippen LogP) is 3.55. The Morgan fingerprint density at radius 1 is 1.11 bits per heavy atom. The fourth-order valence-corrected chi connectivity index (χ4v) is 7.12. The number of aromatic nitrogens is 4. The van der Waals surface area contributed by atoms with Crippen LogP contribution in [0.3, 0.4) is 0 Å². The highest BCUT2D eigenvalue weighted by Crippen LogP contribution is 2.43. The molecule has 2 fully saturated rings. The van der Waals surface area contributed by atoms with Gasteiger partial charge in [0.1, 0.15) is 12.9 Å². The summed E-state index contributed by atoms with van der Waals surface area (Å²) in [4.78, 5) is 43.4. The van der Waals surface area contributed by atoms with Crippen molar-refractivity contribution in [2.75, 3.05) is 65.1 Å². The van der Waals surface area contributed by atoms with Crippen molar-refractivity contribution in [3.8, 4) is 11.5 Å². The van der Waals surface area contributed by atoms with Gasteiger partial charge in [-0.3, -0.25) is 9.69 Å². The van der Waals surface area contributed by atoms with Crippen LogP contribution in [-0.2, 0) is 25.5 Å². The summed E-state index contributed by atoms with van der Waals surface area (Å²) in [6.45, 7) is 7.44. The minimum atomic E-state index is -0.907. The van der Waals surface area contributed by atoms with Crippen LogP contribution in [0.2, 0.25) is 0 Å². The van der Waals surface area contributed by atoms with Crippen LogP contribution in [0.25, 0.3) is 11.2 Å². The van der Waals surface area contributed by atoms with Gasteiger partial charge in [0.05, 0.1) is 13.2 Å². The Bertz CT molecular complexity index is 1530. The van der Waals surface area contributed by atoms with Gasteiger partial charge in [-0.2, -0.15) is 0 Å². The molecule has 1 aromatic carbocycles. The molecule has 3 aliphatic heterocycles. The lowest BCUT2D eigenvalue weighted by atomic mass is 9.93. The Hall–Kier alpha value is -3.34. The first-order valence-corrected chi connectivity index (χ1v) is 16.6. The number of hydrogen-bond donors (Lipinski definition) is 1. The Morgan fingerprint density at radius 3 is 2.64 bits per heavy atom. The average molecular weight is 707 g/mol. The molecular formula is C29H36BrN7O7S. The third-order valence-corrected chi connectivity index (χ3v) is 10.2. The van der Waals surface area contributed by atoms with E-state index in [1.807, 2.05) is 12.1 Å². The molecule has 0 spiro atoms. The number of aryl methyl sites for hydroxylation is 1. The molecule has 0 radical (unpaired) electrons. The number of carbonyl (C=O) groups is 2. The largest absolute Gasteiger partial charge is 0.509 e. The van der Waals surface area contributed by atoms with Crippen LogP contribution in [0.15, 0.2) is 33.0 Å². The van der Waals surface area contributed by atoms with E-state index in [1.54, 1.807) is 11.8 Å². The number of anilines is 1. The van der Waals surface area contributed by atoms with Gasteiger partial charge >= 0.3 is 6.16 Å². The van der Waals surface area contributed by atoms with Crippen molar-refractivity contribution in [1.29, 1.82) is 0 Å². The van der Waals surface area contributed by atoms with E-state index in [-0.39, 0.29) is 19.3 Å². The number of amides is 1. The zero-order valence-corrected chi connectivity index (χ0v) is 27.4. The van der Waals surface area contributed by atoms with E-state index >= 15 is 0 Å². The van der Waals surface area contributed by atoms with E-state index in [0.717, 1.165) is 46.9 Å². The third-order valence-electron chi connectivity index (χ3n) is 8.19. The molecule has 3 aromatic rings. The second-order valence-corrected chi connectivity index (χ2v) is 12.9. The molecule has 5 heterocycles. The van der Waals surface area contributed by atoms with Crippen LogP contribution in [0.1, 0.15) is 26.2 Å². The molecule has 0 aliphatic carbocycles. The van der Waals surface area contributed by atoms with Crippen molar-refractivity contribution >= 4 is 56.7 Å². The van der Waals surface area contributed by atoms with Crippen molar-refractivity contribution in [2.45, 2.75) is 48.9 Å². The fourth-order valence-electron chi connectivity index (χ4n) is 5.61. The quantitative estimate of drug-likeness (QED) is 0.306. The lowest BCUT2D eigenvalue weighted by molar-refractivity contribution is -0.142. The number of nitrogens with two attached hydrogens (primary N) is 1. The molecule has 3 aliphatic rings. The SMILES string of the molecule is CC(OC(=O)OCCN1CCOCC1)C(=O)N1CCC(CCn2c(Sc3cc4c(cc3Br)OCO4)nc3c(N)ncnc32)CC1. The first-order valence-electron chi connectivity index (χ1n) is 15.0. The summed E-state index contributed by atoms with van der Waals surface area (Å²) in [7, 11) is 0. The molecule has 1 amide bonds. The van der Waals surface area contributed by atoms with Crippen LogP contribution >= 0.6 is 27.7 Å². The first kappa shape index (κ1) is 31.6. The van der Waals surface area contributed by atoms with Crippen LogP contribution in [-0.4, -0.2) is 107 Å². The number of carbonyl (C=O) groups excluding carboxylic acids is 2. The maximum atomic E-state index is 13.0. The van der Waals surface area contributed by atoms with E-state index in [9.17, 15) is 9.59 Å². The lowest BCUT2D eigenvalue weighted by Gasteiger charge is -2.33. The number of rotatable bonds is 10. The summed E-state index contributed by atoms with van der Waals surface area (Å²) < 4.78 is 29.8. The van der Waals surface area contributed by atoms with Gasteiger partial charge in [0.25, 0.3) is 5.91 Å². The van der Waals surface area contributed by atoms with Gasteiger partial charge in [-0.1, -0.05) is 11.8 Å². The molecule has 242 valence electrons. The van der Waals surface area contributed by atoms with Crippen molar-refractivity contribution in [2.24, 2.45) is 5.92 Å². The van der Waals surface area contributed by atoms with Gasteiger partial charge in [-0.25, -0.2) is 19.7 Å². The van der Waals surface area contributed by atoms with Gasteiger partial charge in [-0.15, -0.1) is 0 Å².